The predicted octanol–water partition coefficient (Wildman–Crippen LogP) is 2.07. The molecule has 0 radical (unpaired) electrons. The summed E-state index contributed by atoms with van der Waals surface area (Å²) < 4.78 is 52.0. The van der Waals surface area contributed by atoms with Crippen molar-refractivity contribution in [2.75, 3.05) is 20.6 Å². The lowest BCUT2D eigenvalue weighted by atomic mass is 10.1. The van der Waals surface area contributed by atoms with Crippen LogP contribution in [0.25, 0.3) is 0 Å². The highest BCUT2D eigenvalue weighted by atomic mass is 35.5. The van der Waals surface area contributed by atoms with Gasteiger partial charge in [0, 0.05) is 26.8 Å². The monoisotopic (exact) mass is 468 g/mol. The summed E-state index contributed by atoms with van der Waals surface area (Å²) in [5.74, 6) is 0. The van der Waals surface area contributed by atoms with Gasteiger partial charge in [0.25, 0.3) is 0 Å². The van der Waals surface area contributed by atoms with Crippen molar-refractivity contribution in [3.63, 3.8) is 0 Å². The Kier molecular flexibility index (Phi) is 10.2. The number of allylic oxidation sites excluding steroid dienone is 3. The number of alkyl halides is 1. The average Bonchev–Trinajstić information content (AvgIpc) is 2.58. The zero-order valence-electron chi connectivity index (χ0n) is 17.3. The molecular formula is C18H33ClN4O4S2. The van der Waals surface area contributed by atoms with E-state index in [4.69, 9.17) is 22.5 Å². The maximum atomic E-state index is 12.8. The Balaban J connectivity index is 2.98. The topological polar surface area (TPSA) is 136 Å². The number of rotatable bonds is 12. The van der Waals surface area contributed by atoms with E-state index >= 15 is 0 Å². The fourth-order valence-electron chi connectivity index (χ4n) is 3.00. The molecule has 1 rings (SSSR count). The second kappa shape index (κ2) is 11.4. The van der Waals surface area contributed by atoms with Gasteiger partial charge in [-0.15, -0.1) is 11.6 Å². The predicted molar refractivity (Wildman–Crippen MR) is 119 cm³/mol. The minimum atomic E-state index is -4.30. The molecule has 1 aliphatic carbocycles. The lowest BCUT2D eigenvalue weighted by Crippen LogP contribution is -2.35. The summed E-state index contributed by atoms with van der Waals surface area (Å²) in [6.45, 7) is 2.39. The highest BCUT2D eigenvalue weighted by molar-refractivity contribution is 7.94. The molecule has 0 saturated carbocycles. The number of hydrogen-bond acceptors (Lipinski definition) is 6. The molecule has 11 heteroatoms. The number of nitrogens with one attached hydrogen (secondary N) is 1. The second-order valence-electron chi connectivity index (χ2n) is 7.31. The fourth-order valence-corrected chi connectivity index (χ4v) is 5.77. The number of unbranched alkanes of at least 4 members (excludes halogenated alkanes) is 6. The van der Waals surface area contributed by atoms with Gasteiger partial charge in [0.05, 0.1) is 11.1 Å². The molecule has 1 unspecified atom stereocenters. The van der Waals surface area contributed by atoms with Crippen LogP contribution in [0.1, 0.15) is 51.9 Å². The molecule has 0 amide bonds. The lowest BCUT2D eigenvalue weighted by molar-refractivity contribution is 0.557. The number of nitrogens with two attached hydrogens (primary N) is 2. The Morgan fingerprint density at radius 3 is 2.17 bits per heavy atom. The zero-order chi connectivity index (χ0) is 22.2. The van der Waals surface area contributed by atoms with Crippen molar-refractivity contribution >= 4 is 31.6 Å². The van der Waals surface area contributed by atoms with Gasteiger partial charge in [-0.25, -0.2) is 26.7 Å². The van der Waals surface area contributed by atoms with E-state index in [0.717, 1.165) is 19.3 Å². The van der Waals surface area contributed by atoms with Crippen molar-refractivity contribution in [2.24, 2.45) is 10.9 Å². The van der Waals surface area contributed by atoms with E-state index < -0.39 is 36.0 Å². The van der Waals surface area contributed by atoms with Crippen LogP contribution in [0.4, 0.5) is 0 Å². The molecular weight excluding hydrogens is 436 g/mol. The van der Waals surface area contributed by atoms with Crippen LogP contribution in [-0.2, 0) is 20.0 Å². The summed E-state index contributed by atoms with van der Waals surface area (Å²) in [6.07, 6.45) is 10.2. The third kappa shape index (κ3) is 7.93. The van der Waals surface area contributed by atoms with Gasteiger partial charge in [0.1, 0.15) is 9.81 Å². The van der Waals surface area contributed by atoms with Gasteiger partial charge in [-0.05, 0) is 18.1 Å². The minimum absolute atomic E-state index is 0.239. The summed E-state index contributed by atoms with van der Waals surface area (Å²) in [7, 11) is -4.92. The van der Waals surface area contributed by atoms with Gasteiger partial charge in [0.15, 0.2) is 0 Å². The number of primary sulfonamides is 1. The summed E-state index contributed by atoms with van der Waals surface area (Å²) >= 11 is 6.23. The number of sulfonamides is 2. The maximum absolute atomic E-state index is 12.8. The average molecular weight is 469 g/mol. The molecule has 29 heavy (non-hydrogen) atoms. The summed E-state index contributed by atoms with van der Waals surface area (Å²) in [6, 6.07) is 0. The Morgan fingerprint density at radius 1 is 1.10 bits per heavy atom. The van der Waals surface area contributed by atoms with E-state index in [2.05, 4.69) is 11.6 Å². The molecule has 0 bridgehead atoms. The summed E-state index contributed by atoms with van der Waals surface area (Å²) in [5, 5.41) is 4.07. The molecule has 0 saturated heterocycles. The Morgan fingerprint density at radius 2 is 1.66 bits per heavy atom. The van der Waals surface area contributed by atoms with Crippen molar-refractivity contribution in [3.8, 4) is 0 Å². The van der Waals surface area contributed by atoms with Gasteiger partial charge in [-0.1, -0.05) is 45.4 Å². The Bertz CT molecular complexity index is 862. The van der Waals surface area contributed by atoms with E-state index in [9.17, 15) is 16.8 Å². The molecule has 0 aliphatic heterocycles. The third-order valence-corrected chi connectivity index (χ3v) is 7.60. The van der Waals surface area contributed by atoms with E-state index in [1.54, 1.807) is 19.0 Å². The van der Waals surface area contributed by atoms with Crippen LogP contribution in [-0.4, -0.2) is 47.8 Å². The number of nitrogens with zero attached hydrogens (tertiary/aromatic N) is 1. The van der Waals surface area contributed by atoms with Crippen molar-refractivity contribution < 1.29 is 16.8 Å². The molecule has 1 aliphatic rings. The van der Waals surface area contributed by atoms with Crippen LogP contribution in [0.3, 0.4) is 0 Å². The minimum Gasteiger partial charge on any atom is -0.397 e. The van der Waals surface area contributed by atoms with Gasteiger partial charge < -0.3 is 10.6 Å². The highest BCUT2D eigenvalue weighted by Gasteiger charge is 2.36. The van der Waals surface area contributed by atoms with Crippen molar-refractivity contribution in [1.82, 2.24) is 9.62 Å². The van der Waals surface area contributed by atoms with Gasteiger partial charge in [0.2, 0.25) is 20.0 Å². The Hall–Kier alpha value is -1.07. The third-order valence-electron chi connectivity index (χ3n) is 4.43. The van der Waals surface area contributed by atoms with Gasteiger partial charge in [-0.3, -0.25) is 0 Å². The fraction of sp³-hybridized carbons (Fsp3) is 0.667. The van der Waals surface area contributed by atoms with Crippen LogP contribution in [0.5, 0.6) is 0 Å². The molecule has 1 atom stereocenters. The molecule has 0 aromatic carbocycles. The molecule has 0 heterocycles. The molecule has 8 nitrogen and oxygen atoms in total. The molecule has 0 aromatic rings. The van der Waals surface area contributed by atoms with Crippen LogP contribution < -0.4 is 15.6 Å². The first-order valence-electron chi connectivity index (χ1n) is 9.68. The summed E-state index contributed by atoms with van der Waals surface area (Å²) in [5.41, 5.74) is 5.71. The van der Waals surface area contributed by atoms with Crippen molar-refractivity contribution in [2.45, 2.75) is 57.2 Å². The first kappa shape index (κ1) is 26.0. The molecule has 168 valence electrons. The zero-order valence-corrected chi connectivity index (χ0v) is 19.7. The molecule has 5 N–H and O–H groups in total. The second-order valence-corrected chi connectivity index (χ2v) is 11.0. The van der Waals surface area contributed by atoms with E-state index in [1.807, 2.05) is 0 Å². The summed E-state index contributed by atoms with van der Waals surface area (Å²) in [4.78, 5) is 0.778. The van der Waals surface area contributed by atoms with Gasteiger partial charge in [-0.2, -0.15) is 0 Å². The number of halogens is 1. The maximum Gasteiger partial charge on any atom is 0.242 e. The van der Waals surface area contributed by atoms with Crippen LogP contribution >= 0.6 is 11.6 Å². The Labute approximate surface area is 180 Å². The van der Waals surface area contributed by atoms with Crippen molar-refractivity contribution in [1.29, 1.82) is 0 Å². The van der Waals surface area contributed by atoms with E-state index in [0.29, 0.717) is 6.42 Å². The first-order chi connectivity index (χ1) is 13.4. The largest absolute Gasteiger partial charge is 0.397 e. The molecule has 0 spiro atoms. The normalized spacial score (nSPS) is 19.6. The van der Waals surface area contributed by atoms with E-state index in [-0.39, 0.29) is 17.0 Å². The quantitative estimate of drug-likeness (QED) is 0.296. The van der Waals surface area contributed by atoms with Crippen LogP contribution in [0.15, 0.2) is 33.4 Å². The standard InChI is InChI=1S/C18H33ClN4O4S2/c1-4-5-6-7-8-9-10-11-22-29(26,27)15-12-14(13-23(2)3)16(19)18(17(15)20)28(21,24)25/h12-13,16,22H,4-11,20H2,1-3H3,(H2,21,24,25). The lowest BCUT2D eigenvalue weighted by Gasteiger charge is -2.25. The SMILES string of the molecule is CCCCCCCCCNS(=O)(=O)C1=CC(=CN(C)C)C(Cl)C(S(N)(=O)=O)=C1N. The van der Waals surface area contributed by atoms with Crippen LogP contribution in [0.2, 0.25) is 0 Å². The van der Waals surface area contributed by atoms with Crippen LogP contribution in [0, 0.1) is 0 Å². The highest BCUT2D eigenvalue weighted by Crippen LogP contribution is 2.34. The van der Waals surface area contributed by atoms with Crippen molar-refractivity contribution in [3.05, 3.63) is 33.4 Å². The molecule has 0 aromatic heterocycles. The van der Waals surface area contributed by atoms with Gasteiger partial charge >= 0.3 is 0 Å². The number of hydrogen-bond donors (Lipinski definition) is 3. The molecule has 0 fully saturated rings. The smallest absolute Gasteiger partial charge is 0.242 e. The first-order valence-corrected chi connectivity index (χ1v) is 13.1. The van der Waals surface area contributed by atoms with E-state index in [1.165, 1.54) is 31.5 Å².